The van der Waals surface area contributed by atoms with Crippen LogP contribution >= 0.6 is 0 Å². The van der Waals surface area contributed by atoms with Crippen LogP contribution in [-0.2, 0) is 14.3 Å². The second-order valence-corrected chi connectivity index (χ2v) is 4.17. The third-order valence-corrected chi connectivity index (χ3v) is 3.07. The average Bonchev–Trinajstić information content (AvgIpc) is 2.28. The van der Waals surface area contributed by atoms with Crippen LogP contribution in [0.15, 0.2) is 0 Å². The highest BCUT2D eigenvalue weighted by molar-refractivity contribution is 5.73. The number of methoxy groups -OCH3 is 1. The topological polar surface area (TPSA) is 49.9 Å². The van der Waals surface area contributed by atoms with Crippen LogP contribution in [0.1, 0.15) is 20.3 Å². The van der Waals surface area contributed by atoms with E-state index in [-0.39, 0.29) is 17.9 Å². The number of nitrogens with zero attached hydrogens (tertiary/aromatic N) is 2. The summed E-state index contributed by atoms with van der Waals surface area (Å²) in [6.45, 7) is 6.77. The molecular weight excluding hydrogens is 208 g/mol. The number of hydrogen-bond acceptors (Lipinski definition) is 4. The van der Waals surface area contributed by atoms with Crippen LogP contribution in [0.4, 0.5) is 0 Å². The highest BCUT2D eigenvalue weighted by Gasteiger charge is 2.23. The largest absolute Gasteiger partial charge is 0.469 e. The number of rotatable bonds is 3. The van der Waals surface area contributed by atoms with Crippen LogP contribution in [0.25, 0.3) is 0 Å². The fraction of sp³-hybridized carbons (Fsp3) is 0.818. The summed E-state index contributed by atoms with van der Waals surface area (Å²) in [6.07, 6.45) is 0.413. The van der Waals surface area contributed by atoms with Crippen LogP contribution in [-0.4, -0.2) is 61.0 Å². The lowest BCUT2D eigenvalue weighted by molar-refractivity contribution is -0.142. The minimum absolute atomic E-state index is 0.125. The van der Waals surface area contributed by atoms with Crippen LogP contribution in [0.5, 0.6) is 0 Å². The van der Waals surface area contributed by atoms with E-state index < -0.39 is 0 Å². The lowest BCUT2D eigenvalue weighted by Crippen LogP contribution is -2.51. The maximum Gasteiger partial charge on any atom is 0.307 e. The first-order valence-corrected chi connectivity index (χ1v) is 5.61. The Morgan fingerprint density at radius 3 is 2.25 bits per heavy atom. The summed E-state index contributed by atoms with van der Waals surface area (Å²) in [4.78, 5) is 26.3. The second-order valence-electron chi connectivity index (χ2n) is 4.17. The van der Waals surface area contributed by atoms with E-state index in [9.17, 15) is 9.59 Å². The Hall–Kier alpha value is -1.10. The SMILES string of the molecule is COC(=O)C[C@@H](C)N1CCN(C(C)=O)CC1. The Morgan fingerprint density at radius 1 is 1.25 bits per heavy atom. The number of carbonyl (C=O) groups is 2. The smallest absolute Gasteiger partial charge is 0.307 e. The van der Waals surface area contributed by atoms with E-state index in [2.05, 4.69) is 9.64 Å². The monoisotopic (exact) mass is 228 g/mol. The molecule has 1 atom stereocenters. The van der Waals surface area contributed by atoms with Crippen molar-refractivity contribution in [2.45, 2.75) is 26.3 Å². The van der Waals surface area contributed by atoms with Crippen molar-refractivity contribution in [2.75, 3.05) is 33.3 Å². The van der Waals surface area contributed by atoms with E-state index in [1.54, 1.807) is 6.92 Å². The van der Waals surface area contributed by atoms with Crippen molar-refractivity contribution < 1.29 is 14.3 Å². The van der Waals surface area contributed by atoms with Gasteiger partial charge in [-0.1, -0.05) is 0 Å². The second kappa shape index (κ2) is 5.84. The molecule has 1 aliphatic heterocycles. The molecule has 5 nitrogen and oxygen atoms in total. The fourth-order valence-corrected chi connectivity index (χ4v) is 1.93. The molecule has 1 aliphatic rings. The first kappa shape index (κ1) is 13.0. The molecule has 0 N–H and O–H groups in total. The molecule has 0 aromatic heterocycles. The summed E-state index contributed by atoms with van der Waals surface area (Å²) in [6, 6.07) is 0.182. The standard InChI is InChI=1S/C11H20N2O3/c1-9(8-11(15)16-3)12-4-6-13(7-5-12)10(2)14/h9H,4-8H2,1-3H3/t9-/m1/s1. The van der Waals surface area contributed by atoms with Gasteiger partial charge >= 0.3 is 5.97 Å². The Bertz CT molecular complexity index is 260. The Morgan fingerprint density at radius 2 is 1.81 bits per heavy atom. The number of amides is 1. The quantitative estimate of drug-likeness (QED) is 0.643. The van der Waals surface area contributed by atoms with Gasteiger partial charge in [0.15, 0.2) is 0 Å². The molecule has 0 spiro atoms. The van der Waals surface area contributed by atoms with E-state index in [0.29, 0.717) is 6.42 Å². The fourth-order valence-electron chi connectivity index (χ4n) is 1.93. The molecule has 0 aromatic carbocycles. The van der Waals surface area contributed by atoms with Gasteiger partial charge in [0.05, 0.1) is 13.5 Å². The molecule has 1 heterocycles. The molecule has 0 saturated carbocycles. The van der Waals surface area contributed by atoms with Crippen LogP contribution in [0.3, 0.4) is 0 Å². The van der Waals surface area contributed by atoms with E-state index in [1.807, 2.05) is 11.8 Å². The van der Waals surface area contributed by atoms with Crippen molar-refractivity contribution in [3.05, 3.63) is 0 Å². The van der Waals surface area contributed by atoms with Gasteiger partial charge in [0.1, 0.15) is 0 Å². The summed E-state index contributed by atoms with van der Waals surface area (Å²) in [5, 5.41) is 0. The number of hydrogen-bond donors (Lipinski definition) is 0. The van der Waals surface area contributed by atoms with Gasteiger partial charge < -0.3 is 9.64 Å². The number of esters is 1. The molecule has 0 bridgehead atoms. The van der Waals surface area contributed by atoms with E-state index in [4.69, 9.17) is 0 Å². The highest BCUT2D eigenvalue weighted by atomic mass is 16.5. The predicted octanol–water partition coefficient (Wildman–Crippen LogP) is 0.102. The third-order valence-electron chi connectivity index (χ3n) is 3.07. The summed E-state index contributed by atoms with van der Waals surface area (Å²) >= 11 is 0. The number of piperazine rings is 1. The van der Waals surface area contributed by atoms with E-state index in [0.717, 1.165) is 26.2 Å². The molecule has 0 aliphatic carbocycles. The molecule has 0 aromatic rings. The molecule has 1 rings (SSSR count). The number of carbonyl (C=O) groups excluding carboxylic acids is 2. The van der Waals surface area contributed by atoms with Crippen molar-refractivity contribution in [2.24, 2.45) is 0 Å². The summed E-state index contributed by atoms with van der Waals surface area (Å²) in [7, 11) is 1.41. The first-order chi connectivity index (χ1) is 7.54. The minimum atomic E-state index is -0.179. The van der Waals surface area contributed by atoms with Gasteiger partial charge in [0.2, 0.25) is 5.91 Å². The van der Waals surface area contributed by atoms with Crippen LogP contribution in [0, 0.1) is 0 Å². The molecule has 1 fully saturated rings. The lowest BCUT2D eigenvalue weighted by atomic mass is 10.1. The molecule has 92 valence electrons. The molecule has 0 radical (unpaired) electrons. The Balaban J connectivity index is 2.35. The summed E-state index contributed by atoms with van der Waals surface area (Å²) in [5.41, 5.74) is 0. The zero-order valence-electron chi connectivity index (χ0n) is 10.2. The molecule has 0 unspecified atom stereocenters. The van der Waals surface area contributed by atoms with Crippen molar-refractivity contribution >= 4 is 11.9 Å². The highest BCUT2D eigenvalue weighted by Crippen LogP contribution is 2.09. The first-order valence-electron chi connectivity index (χ1n) is 5.61. The van der Waals surface area contributed by atoms with Crippen LogP contribution in [0.2, 0.25) is 0 Å². The van der Waals surface area contributed by atoms with Crippen molar-refractivity contribution in [1.82, 2.24) is 9.80 Å². The average molecular weight is 228 g/mol. The number of ether oxygens (including phenoxy) is 1. The van der Waals surface area contributed by atoms with Gasteiger partial charge in [-0.2, -0.15) is 0 Å². The molecule has 1 amide bonds. The van der Waals surface area contributed by atoms with Crippen LogP contribution < -0.4 is 0 Å². The van der Waals surface area contributed by atoms with Gasteiger partial charge in [-0.05, 0) is 6.92 Å². The van der Waals surface area contributed by atoms with E-state index in [1.165, 1.54) is 7.11 Å². The molecular formula is C11H20N2O3. The van der Waals surface area contributed by atoms with Gasteiger partial charge in [0.25, 0.3) is 0 Å². The minimum Gasteiger partial charge on any atom is -0.469 e. The van der Waals surface area contributed by atoms with Gasteiger partial charge in [-0.3, -0.25) is 14.5 Å². The van der Waals surface area contributed by atoms with E-state index >= 15 is 0 Å². The van der Waals surface area contributed by atoms with Gasteiger partial charge in [-0.25, -0.2) is 0 Å². The normalized spacial score (nSPS) is 19.3. The van der Waals surface area contributed by atoms with Gasteiger partial charge in [-0.15, -0.1) is 0 Å². The zero-order valence-corrected chi connectivity index (χ0v) is 10.2. The molecule has 5 heteroatoms. The maximum absolute atomic E-state index is 11.1. The lowest BCUT2D eigenvalue weighted by Gasteiger charge is -2.37. The van der Waals surface area contributed by atoms with Crippen molar-refractivity contribution in [1.29, 1.82) is 0 Å². The maximum atomic E-state index is 11.1. The third kappa shape index (κ3) is 3.48. The summed E-state index contributed by atoms with van der Waals surface area (Å²) in [5.74, 6) is -0.0539. The predicted molar refractivity (Wildman–Crippen MR) is 59.9 cm³/mol. The summed E-state index contributed by atoms with van der Waals surface area (Å²) < 4.78 is 4.64. The van der Waals surface area contributed by atoms with Crippen molar-refractivity contribution in [3.8, 4) is 0 Å². The molecule has 16 heavy (non-hydrogen) atoms. The Kier molecular flexibility index (Phi) is 4.73. The van der Waals surface area contributed by atoms with Gasteiger partial charge in [0, 0.05) is 39.1 Å². The zero-order chi connectivity index (χ0) is 12.1. The Labute approximate surface area is 96.3 Å². The van der Waals surface area contributed by atoms with Crippen molar-refractivity contribution in [3.63, 3.8) is 0 Å². The molecule has 1 saturated heterocycles.